The molecule has 0 bridgehead atoms. The maximum atomic E-state index is 13.1. The molecule has 0 N–H and O–H groups in total. The average molecular weight is 465 g/mol. The van der Waals surface area contributed by atoms with Crippen molar-refractivity contribution in [2.75, 3.05) is 0 Å². The average Bonchev–Trinajstić information content (AvgIpc) is 3.35. The van der Waals surface area contributed by atoms with E-state index in [1.54, 1.807) is 9.13 Å². The predicted molar refractivity (Wildman–Crippen MR) is 128 cm³/mol. The second kappa shape index (κ2) is 9.44. The Morgan fingerprint density at radius 2 is 1.18 bits per heavy atom. The summed E-state index contributed by atoms with van der Waals surface area (Å²) in [4.78, 5) is 9.13. The molecule has 0 spiro atoms. The number of rotatable bonds is 8. The molecule has 1 aromatic carbocycles. The summed E-state index contributed by atoms with van der Waals surface area (Å²) in [6.07, 6.45) is 7.48. The number of nitrogens with zero attached hydrogens (tertiary/aromatic N) is 6. The van der Waals surface area contributed by atoms with Crippen LogP contribution >= 0.6 is 0 Å². The smallest absolute Gasteiger partial charge is 0.291 e. The third-order valence-corrected chi connectivity index (χ3v) is 6.25. The first kappa shape index (κ1) is 25.2. The molecule has 0 amide bonds. The Bertz CT molecular complexity index is 1140. The van der Waals surface area contributed by atoms with Crippen LogP contribution < -0.4 is 19.3 Å². The van der Waals surface area contributed by atoms with Crippen molar-refractivity contribution in [2.45, 2.75) is 65.7 Å². The van der Waals surface area contributed by atoms with Gasteiger partial charge in [-0.15, -0.1) is 0 Å². The van der Waals surface area contributed by atoms with Gasteiger partial charge in [-0.3, -0.25) is 9.98 Å². The fourth-order valence-corrected chi connectivity index (χ4v) is 4.12. The fourth-order valence-electron chi connectivity index (χ4n) is 4.12. The highest BCUT2D eigenvalue weighted by Crippen LogP contribution is 2.31. The molecule has 0 aliphatic rings. The third-order valence-electron chi connectivity index (χ3n) is 6.25. The van der Waals surface area contributed by atoms with Crippen LogP contribution in [0.25, 0.3) is 0 Å². The van der Waals surface area contributed by atoms with Gasteiger partial charge in [0.25, 0.3) is 11.6 Å². The van der Waals surface area contributed by atoms with E-state index in [0.29, 0.717) is 24.7 Å². The van der Waals surface area contributed by atoms with E-state index in [1.165, 1.54) is 0 Å². The van der Waals surface area contributed by atoms with Crippen molar-refractivity contribution in [2.24, 2.45) is 24.1 Å². The van der Waals surface area contributed by atoms with Gasteiger partial charge in [0.05, 0.1) is 50.1 Å². The lowest BCUT2D eigenvalue weighted by molar-refractivity contribution is -0.674. The number of aliphatic imine (C=N–C) groups is 2. The first-order valence-electron chi connectivity index (χ1n) is 11.7. The van der Waals surface area contributed by atoms with E-state index in [4.69, 9.17) is 0 Å². The molecule has 3 aromatic rings. The summed E-state index contributed by atoms with van der Waals surface area (Å²) in [6.45, 7) is 13.1. The highest BCUT2D eigenvalue weighted by Gasteiger charge is 2.26. The molecule has 3 rings (SSSR count). The van der Waals surface area contributed by atoms with E-state index in [-0.39, 0.29) is 11.8 Å². The van der Waals surface area contributed by atoms with Crippen molar-refractivity contribution < 1.29 is 19.3 Å². The van der Waals surface area contributed by atoms with Gasteiger partial charge in [-0.1, -0.05) is 24.3 Å². The second-order valence-electron chi connectivity index (χ2n) is 9.57. The minimum Gasteiger partial charge on any atom is -0.853 e. The van der Waals surface area contributed by atoms with E-state index in [0.717, 1.165) is 11.1 Å². The molecule has 0 atom stereocenters. The molecule has 34 heavy (non-hydrogen) atoms. The fraction of sp³-hybridized carbons (Fsp3) is 0.462. The molecular weight excluding hydrogens is 428 g/mol. The Labute approximate surface area is 202 Å². The SMILES string of the molecule is CCn1cc[n+](C)c1C([O-])=NC(C)(C)c1cccc(C(C)(C)N=C([O-])c2n(CC)cc[n+]2C)c1. The first-order chi connectivity index (χ1) is 15.9. The van der Waals surface area contributed by atoms with Crippen LogP contribution in [0.3, 0.4) is 0 Å². The van der Waals surface area contributed by atoms with Crippen LogP contribution in [0.2, 0.25) is 0 Å². The van der Waals surface area contributed by atoms with Gasteiger partial charge in [-0.05, 0) is 52.7 Å². The Kier molecular flexibility index (Phi) is 7.00. The predicted octanol–water partition coefficient (Wildman–Crippen LogP) is 1.06. The summed E-state index contributed by atoms with van der Waals surface area (Å²) < 4.78 is 7.36. The minimum absolute atomic E-state index is 0.267. The normalized spacial score (nSPS) is 13.5. The van der Waals surface area contributed by atoms with Gasteiger partial charge in [0.15, 0.2) is 0 Å². The third kappa shape index (κ3) is 4.90. The quantitative estimate of drug-likeness (QED) is 0.284. The Hall–Kier alpha value is -3.42. The van der Waals surface area contributed by atoms with E-state index in [9.17, 15) is 10.2 Å². The Morgan fingerprint density at radius 3 is 1.53 bits per heavy atom. The first-order valence-corrected chi connectivity index (χ1v) is 11.7. The van der Waals surface area contributed by atoms with E-state index in [2.05, 4.69) is 9.98 Å². The highest BCUT2D eigenvalue weighted by molar-refractivity contribution is 5.86. The van der Waals surface area contributed by atoms with Crippen LogP contribution in [0, 0.1) is 0 Å². The van der Waals surface area contributed by atoms with Crippen LogP contribution in [0.4, 0.5) is 0 Å². The van der Waals surface area contributed by atoms with Gasteiger partial charge in [-0.25, -0.2) is 18.3 Å². The minimum atomic E-state index is -0.758. The lowest BCUT2D eigenvalue weighted by Crippen LogP contribution is -2.41. The van der Waals surface area contributed by atoms with Gasteiger partial charge in [0.2, 0.25) is 0 Å². The van der Waals surface area contributed by atoms with Crippen molar-refractivity contribution in [3.8, 4) is 0 Å². The zero-order chi connectivity index (χ0) is 25.3. The highest BCUT2D eigenvalue weighted by atomic mass is 16.3. The molecule has 0 saturated carbocycles. The topological polar surface area (TPSA) is 88.5 Å². The summed E-state index contributed by atoms with van der Waals surface area (Å²) in [5, 5.41) is 26.1. The van der Waals surface area contributed by atoms with Crippen LogP contribution in [0.15, 0.2) is 59.0 Å². The van der Waals surface area contributed by atoms with Gasteiger partial charge in [-0.2, -0.15) is 0 Å². The summed E-state index contributed by atoms with van der Waals surface area (Å²) in [7, 11) is 3.69. The van der Waals surface area contributed by atoms with Crippen LogP contribution in [0.1, 0.15) is 64.3 Å². The molecule has 2 heterocycles. The van der Waals surface area contributed by atoms with Crippen molar-refractivity contribution in [1.82, 2.24) is 9.13 Å². The Morgan fingerprint density at radius 1 is 0.794 bits per heavy atom. The summed E-state index contributed by atoms with van der Waals surface area (Å²) in [6, 6.07) is 7.83. The second-order valence-corrected chi connectivity index (χ2v) is 9.57. The zero-order valence-electron chi connectivity index (χ0n) is 21.5. The van der Waals surface area contributed by atoms with Crippen LogP contribution in [-0.2, 0) is 38.3 Å². The molecule has 0 aliphatic carbocycles. The van der Waals surface area contributed by atoms with Gasteiger partial charge >= 0.3 is 0 Å². The zero-order valence-corrected chi connectivity index (χ0v) is 21.5. The van der Waals surface area contributed by atoms with E-state index >= 15 is 0 Å². The summed E-state index contributed by atoms with van der Waals surface area (Å²) >= 11 is 0. The molecule has 0 saturated heterocycles. The number of aromatic nitrogens is 4. The van der Waals surface area contributed by atoms with Crippen molar-refractivity contribution in [3.05, 3.63) is 71.8 Å². The van der Waals surface area contributed by atoms with Gasteiger partial charge < -0.3 is 10.2 Å². The Balaban J connectivity index is 1.98. The number of imidazole rings is 2. The maximum absolute atomic E-state index is 13.1. The summed E-state index contributed by atoms with van der Waals surface area (Å²) in [5.74, 6) is 0.548. The molecule has 8 heteroatoms. The van der Waals surface area contributed by atoms with Crippen molar-refractivity contribution in [1.29, 1.82) is 0 Å². The molecule has 0 aliphatic heterocycles. The number of hydrogen-bond acceptors (Lipinski definition) is 4. The molecule has 2 aromatic heterocycles. The van der Waals surface area contributed by atoms with Crippen molar-refractivity contribution >= 4 is 11.8 Å². The molecule has 182 valence electrons. The van der Waals surface area contributed by atoms with E-state index in [1.807, 2.05) is 114 Å². The lowest BCUT2D eigenvalue weighted by atomic mass is 9.88. The van der Waals surface area contributed by atoms with Gasteiger partial charge in [0, 0.05) is 0 Å². The molecule has 0 unspecified atom stereocenters. The number of aryl methyl sites for hydroxylation is 4. The lowest BCUT2D eigenvalue weighted by Gasteiger charge is -2.28. The monoisotopic (exact) mass is 464 g/mol. The van der Waals surface area contributed by atoms with Crippen molar-refractivity contribution in [3.63, 3.8) is 0 Å². The standard InChI is InChI=1S/C26H36N6O2/c1-9-31-16-14-29(7)23(31)21(33)27-25(3,4)19-12-11-13-20(18-19)26(5,6)28-22(34)24-30(8)15-17-32(24)10-2/h11-18H,9-10H2,1-8H3. The van der Waals surface area contributed by atoms with Crippen LogP contribution in [-0.4, -0.2) is 20.9 Å². The number of hydrogen-bond donors (Lipinski definition) is 0. The molecule has 0 radical (unpaired) electrons. The van der Waals surface area contributed by atoms with Gasteiger partial charge in [0.1, 0.15) is 24.8 Å². The number of benzene rings is 1. The molecule has 8 nitrogen and oxygen atoms in total. The molecular formula is C26H36N6O2. The van der Waals surface area contributed by atoms with E-state index < -0.39 is 11.1 Å². The largest absolute Gasteiger partial charge is 0.853 e. The summed E-state index contributed by atoms with van der Waals surface area (Å²) in [5.41, 5.74) is 0.251. The maximum Gasteiger partial charge on any atom is 0.291 e. The molecule has 0 fully saturated rings. The van der Waals surface area contributed by atoms with Crippen LogP contribution in [0.5, 0.6) is 0 Å².